The molecule has 0 unspecified atom stereocenters. The number of hydrogen-bond donors (Lipinski definition) is 2. The zero-order valence-electron chi connectivity index (χ0n) is 12.6. The molecule has 0 heterocycles. The fraction of sp³-hybridized carbons (Fsp3) is 0.562. The topological polar surface area (TPSA) is 49.3 Å². The lowest BCUT2D eigenvalue weighted by atomic mass is 9.74. The molecule has 23 heavy (non-hydrogen) atoms. The maximum atomic E-state index is 14.6. The predicted molar refractivity (Wildman–Crippen MR) is 84.0 cm³/mol. The van der Waals surface area contributed by atoms with Gasteiger partial charge in [0.15, 0.2) is 11.6 Å². The highest BCUT2D eigenvalue weighted by atomic mass is 35.5. The Bertz CT molecular complexity index is 646. The molecule has 1 aromatic rings. The molecule has 0 aliphatic heterocycles. The summed E-state index contributed by atoms with van der Waals surface area (Å²) in [6.07, 6.45) is 2.06. The van der Waals surface area contributed by atoms with Crippen LogP contribution in [0.25, 0.3) is 0 Å². The molecule has 3 nitrogen and oxygen atoms in total. The van der Waals surface area contributed by atoms with Gasteiger partial charge < -0.3 is 10.4 Å². The van der Waals surface area contributed by atoms with E-state index < -0.39 is 28.7 Å². The summed E-state index contributed by atoms with van der Waals surface area (Å²) in [5, 5.41) is 12.4. The summed E-state index contributed by atoms with van der Waals surface area (Å²) in [4.78, 5) is 11.7. The van der Waals surface area contributed by atoms with Crippen molar-refractivity contribution in [2.24, 2.45) is 5.41 Å². The Kier molecular flexibility index (Phi) is 4.00. The fourth-order valence-corrected chi connectivity index (χ4v) is 4.62. The van der Waals surface area contributed by atoms with Crippen molar-refractivity contribution in [3.63, 3.8) is 0 Å². The summed E-state index contributed by atoms with van der Waals surface area (Å²) >= 11 is 12.1. The van der Waals surface area contributed by atoms with E-state index >= 15 is 0 Å². The molecule has 2 saturated carbocycles. The summed E-state index contributed by atoms with van der Waals surface area (Å²) in [7, 11) is 0. The standard InChI is InChI=1S/C16H17Cl2F2NO2/c1-8(22)21-14(15-2-4-16(20,7-15)5-3-15)11-12(18)9(17)6-10(23)13(11)19/h6,14,23H,2-5,7H2,1H3,(H,21,22)/t14-,15?,16?/m1/s1. The smallest absolute Gasteiger partial charge is 0.217 e. The van der Waals surface area contributed by atoms with Gasteiger partial charge in [0, 0.05) is 18.6 Å². The van der Waals surface area contributed by atoms with Crippen LogP contribution in [0, 0.1) is 11.2 Å². The van der Waals surface area contributed by atoms with Crippen LogP contribution in [0.4, 0.5) is 8.78 Å². The number of carbonyl (C=O) groups is 1. The number of alkyl halides is 1. The van der Waals surface area contributed by atoms with Crippen molar-refractivity contribution < 1.29 is 18.7 Å². The second-order valence-electron chi connectivity index (χ2n) is 6.74. The average molecular weight is 364 g/mol. The van der Waals surface area contributed by atoms with E-state index in [0.29, 0.717) is 25.7 Å². The van der Waals surface area contributed by atoms with Gasteiger partial charge >= 0.3 is 0 Å². The first kappa shape index (κ1) is 16.8. The van der Waals surface area contributed by atoms with Crippen LogP contribution in [-0.2, 0) is 4.79 Å². The number of halogens is 4. The van der Waals surface area contributed by atoms with Crippen LogP contribution in [-0.4, -0.2) is 16.7 Å². The minimum absolute atomic E-state index is 0.00479. The van der Waals surface area contributed by atoms with Crippen LogP contribution in [0.3, 0.4) is 0 Å². The molecule has 126 valence electrons. The van der Waals surface area contributed by atoms with Gasteiger partial charge in [-0.1, -0.05) is 23.2 Å². The van der Waals surface area contributed by atoms with E-state index in [4.69, 9.17) is 23.2 Å². The molecule has 2 fully saturated rings. The van der Waals surface area contributed by atoms with E-state index in [1.807, 2.05) is 0 Å². The van der Waals surface area contributed by atoms with Crippen LogP contribution in [0.2, 0.25) is 10.0 Å². The summed E-state index contributed by atoms with van der Waals surface area (Å²) in [6.45, 7) is 1.31. The zero-order chi connectivity index (χ0) is 17.0. The summed E-state index contributed by atoms with van der Waals surface area (Å²) in [6, 6.07) is 0.200. The Morgan fingerprint density at radius 2 is 1.96 bits per heavy atom. The number of rotatable bonds is 3. The van der Waals surface area contributed by atoms with Crippen LogP contribution < -0.4 is 5.32 Å². The van der Waals surface area contributed by atoms with Crippen LogP contribution in [0.1, 0.15) is 50.6 Å². The highest BCUT2D eigenvalue weighted by Crippen LogP contribution is 2.64. The number of phenols is 1. The fourth-order valence-electron chi connectivity index (χ4n) is 4.17. The number of aromatic hydroxyl groups is 1. The molecule has 2 aliphatic carbocycles. The SMILES string of the molecule is CC(=O)N[C@H](c1c(F)c(O)cc(Cl)c1Cl)C12CCC(F)(CC1)C2. The van der Waals surface area contributed by atoms with Crippen LogP contribution >= 0.6 is 23.2 Å². The van der Waals surface area contributed by atoms with E-state index in [1.54, 1.807) is 0 Å². The average Bonchev–Trinajstić information content (AvgIpc) is 2.98. The number of nitrogens with one attached hydrogen (secondary N) is 1. The molecular formula is C16H17Cl2F2NO2. The lowest BCUT2D eigenvalue weighted by Gasteiger charge is -2.37. The Morgan fingerprint density at radius 3 is 2.43 bits per heavy atom. The molecule has 0 radical (unpaired) electrons. The van der Waals surface area contributed by atoms with Crippen molar-refractivity contribution in [3.05, 3.63) is 27.5 Å². The molecule has 3 rings (SSSR count). The molecule has 1 aromatic carbocycles. The highest BCUT2D eigenvalue weighted by Gasteiger charge is 2.59. The minimum Gasteiger partial charge on any atom is -0.505 e. The van der Waals surface area contributed by atoms with E-state index in [1.165, 1.54) is 6.92 Å². The third-order valence-electron chi connectivity index (χ3n) is 5.23. The summed E-state index contributed by atoms with van der Waals surface area (Å²) in [5.74, 6) is -1.93. The number of phenolic OH excluding ortho intramolecular Hbond substituents is 1. The molecule has 1 amide bonds. The Hall–Kier alpha value is -1.07. The molecule has 2 N–H and O–H groups in total. The Morgan fingerprint density at radius 1 is 1.35 bits per heavy atom. The van der Waals surface area contributed by atoms with Crippen molar-refractivity contribution in [1.29, 1.82) is 0 Å². The molecule has 0 saturated heterocycles. The summed E-state index contributed by atoms with van der Waals surface area (Å²) < 4.78 is 29.2. The largest absolute Gasteiger partial charge is 0.505 e. The quantitative estimate of drug-likeness (QED) is 0.765. The van der Waals surface area contributed by atoms with Crippen molar-refractivity contribution in [3.8, 4) is 5.75 Å². The number of fused-ring (bicyclic) bond motifs is 2. The molecule has 2 bridgehead atoms. The molecular weight excluding hydrogens is 347 g/mol. The second kappa shape index (κ2) is 5.49. The Balaban J connectivity index is 2.14. The van der Waals surface area contributed by atoms with Crippen molar-refractivity contribution in [2.45, 2.75) is 50.7 Å². The van der Waals surface area contributed by atoms with Gasteiger partial charge in [-0.25, -0.2) is 8.78 Å². The van der Waals surface area contributed by atoms with E-state index in [9.17, 15) is 18.7 Å². The van der Waals surface area contributed by atoms with Gasteiger partial charge in [0.1, 0.15) is 5.67 Å². The Labute approximate surface area is 143 Å². The first-order valence-electron chi connectivity index (χ1n) is 7.50. The van der Waals surface area contributed by atoms with Gasteiger partial charge in [0.2, 0.25) is 5.91 Å². The van der Waals surface area contributed by atoms with E-state index in [2.05, 4.69) is 5.32 Å². The highest BCUT2D eigenvalue weighted by molar-refractivity contribution is 6.42. The number of carbonyl (C=O) groups excluding carboxylic acids is 1. The lowest BCUT2D eigenvalue weighted by molar-refractivity contribution is -0.120. The zero-order valence-corrected chi connectivity index (χ0v) is 14.1. The maximum Gasteiger partial charge on any atom is 0.217 e. The molecule has 1 atom stereocenters. The van der Waals surface area contributed by atoms with Gasteiger partial charge in [-0.05, 0) is 37.5 Å². The van der Waals surface area contributed by atoms with Crippen molar-refractivity contribution >= 4 is 29.1 Å². The number of hydrogen-bond acceptors (Lipinski definition) is 2. The third kappa shape index (κ3) is 2.68. The monoisotopic (exact) mass is 363 g/mol. The van der Waals surface area contributed by atoms with Crippen molar-refractivity contribution in [2.75, 3.05) is 0 Å². The van der Waals surface area contributed by atoms with Gasteiger partial charge in [-0.15, -0.1) is 0 Å². The maximum absolute atomic E-state index is 14.6. The third-order valence-corrected chi connectivity index (χ3v) is 6.03. The summed E-state index contributed by atoms with van der Waals surface area (Å²) in [5.41, 5.74) is -1.93. The van der Waals surface area contributed by atoms with Gasteiger partial charge in [-0.2, -0.15) is 0 Å². The minimum atomic E-state index is -1.26. The van der Waals surface area contributed by atoms with Crippen molar-refractivity contribution in [1.82, 2.24) is 5.32 Å². The van der Waals surface area contributed by atoms with Crippen LogP contribution in [0.15, 0.2) is 6.07 Å². The van der Waals surface area contributed by atoms with Gasteiger partial charge in [0.05, 0.1) is 16.1 Å². The second-order valence-corrected chi connectivity index (χ2v) is 7.53. The molecule has 0 spiro atoms. The molecule has 0 aromatic heterocycles. The first-order chi connectivity index (χ1) is 10.7. The normalized spacial score (nSPS) is 30.5. The predicted octanol–water partition coefficient (Wildman–Crippen LogP) is 4.69. The van der Waals surface area contributed by atoms with Crippen LogP contribution in [0.5, 0.6) is 5.75 Å². The number of benzene rings is 1. The molecule has 2 aliphatic rings. The van der Waals surface area contributed by atoms with Gasteiger partial charge in [0.25, 0.3) is 0 Å². The van der Waals surface area contributed by atoms with E-state index in [-0.39, 0.29) is 27.9 Å². The molecule has 7 heteroatoms. The van der Waals surface area contributed by atoms with Gasteiger partial charge in [-0.3, -0.25) is 4.79 Å². The van der Waals surface area contributed by atoms with E-state index in [0.717, 1.165) is 6.07 Å². The first-order valence-corrected chi connectivity index (χ1v) is 8.25. The number of amides is 1. The lowest BCUT2D eigenvalue weighted by Crippen LogP contribution is -2.39.